The summed E-state index contributed by atoms with van der Waals surface area (Å²) in [5.74, 6) is -4.81. The lowest BCUT2D eigenvalue weighted by atomic mass is 10.1. The van der Waals surface area contributed by atoms with Gasteiger partial charge in [0.15, 0.2) is 12.6 Å². The van der Waals surface area contributed by atoms with Gasteiger partial charge in [-0.1, -0.05) is 0 Å². The SMILES string of the molecule is COC(CC(=O)O)OCC(=O)NCCCCC(NC(=O)COC(CC(=O)O)OC)C(=O)O. The van der Waals surface area contributed by atoms with Crippen LogP contribution in [0.2, 0.25) is 0 Å². The minimum Gasteiger partial charge on any atom is -0.481 e. The number of ether oxygens (including phenoxy) is 4. The van der Waals surface area contributed by atoms with Crippen molar-refractivity contribution in [2.45, 2.75) is 50.7 Å². The standard InChI is InChI=1S/C18H30N2O12/c1-29-16(7-14(23)24)31-9-12(21)19-6-4-3-5-11(18(27)28)20-13(22)10-32-17(30-2)8-15(25)26/h11,16-17H,3-10H2,1-2H3,(H,19,21)(H,20,22)(H,23,24)(H,25,26)(H,27,28). The Balaban J connectivity index is 4.16. The van der Waals surface area contributed by atoms with Crippen LogP contribution in [0, 0.1) is 0 Å². The monoisotopic (exact) mass is 466 g/mol. The summed E-state index contributed by atoms with van der Waals surface area (Å²) < 4.78 is 19.5. The summed E-state index contributed by atoms with van der Waals surface area (Å²) in [6.07, 6.45) is -2.23. The molecule has 0 aliphatic carbocycles. The molecule has 0 aliphatic heterocycles. The zero-order valence-corrected chi connectivity index (χ0v) is 17.9. The van der Waals surface area contributed by atoms with E-state index in [9.17, 15) is 29.1 Å². The maximum Gasteiger partial charge on any atom is 0.326 e. The van der Waals surface area contributed by atoms with E-state index in [1.54, 1.807) is 0 Å². The van der Waals surface area contributed by atoms with Crippen molar-refractivity contribution in [1.82, 2.24) is 10.6 Å². The lowest BCUT2D eigenvalue weighted by Gasteiger charge is -2.17. The Bertz CT molecular complexity index is 627. The van der Waals surface area contributed by atoms with Crippen molar-refractivity contribution in [3.63, 3.8) is 0 Å². The van der Waals surface area contributed by atoms with Crippen LogP contribution in [0.1, 0.15) is 32.1 Å². The van der Waals surface area contributed by atoms with Gasteiger partial charge in [-0.2, -0.15) is 0 Å². The number of carboxylic acid groups (broad SMARTS) is 3. The highest BCUT2D eigenvalue weighted by Gasteiger charge is 2.21. The number of unbranched alkanes of at least 4 members (excludes halogenated alkanes) is 1. The normalized spacial score (nSPS) is 13.6. The van der Waals surface area contributed by atoms with Crippen LogP contribution in [-0.2, 0) is 42.9 Å². The molecule has 0 saturated carbocycles. The Morgan fingerprint density at radius 2 is 1.28 bits per heavy atom. The number of hydrogen-bond donors (Lipinski definition) is 5. The third-order valence-electron chi connectivity index (χ3n) is 3.88. The Morgan fingerprint density at radius 1 is 0.781 bits per heavy atom. The lowest BCUT2D eigenvalue weighted by molar-refractivity contribution is -0.165. The minimum absolute atomic E-state index is 0.0840. The molecule has 0 rings (SSSR count). The number of carbonyl (C=O) groups is 5. The molecule has 184 valence electrons. The van der Waals surface area contributed by atoms with Crippen LogP contribution in [0.25, 0.3) is 0 Å². The van der Waals surface area contributed by atoms with Crippen LogP contribution in [0.4, 0.5) is 0 Å². The molecule has 3 unspecified atom stereocenters. The molecular formula is C18H30N2O12. The highest BCUT2D eigenvalue weighted by atomic mass is 16.7. The maximum atomic E-state index is 11.8. The topological polar surface area (TPSA) is 207 Å². The van der Waals surface area contributed by atoms with E-state index < -0.39 is 74.4 Å². The first-order valence-corrected chi connectivity index (χ1v) is 9.60. The van der Waals surface area contributed by atoms with Gasteiger partial charge in [0.05, 0.1) is 12.8 Å². The Hall–Kier alpha value is -2.81. The number of rotatable bonds is 19. The van der Waals surface area contributed by atoms with Gasteiger partial charge in [-0.15, -0.1) is 0 Å². The molecule has 0 aromatic heterocycles. The molecule has 0 aromatic rings. The van der Waals surface area contributed by atoms with Crippen LogP contribution in [-0.4, -0.2) is 97.6 Å². The first-order valence-electron chi connectivity index (χ1n) is 9.60. The first-order chi connectivity index (χ1) is 15.1. The largest absolute Gasteiger partial charge is 0.481 e. The van der Waals surface area contributed by atoms with Gasteiger partial charge in [0.1, 0.15) is 19.3 Å². The Labute approximate surface area is 184 Å². The lowest BCUT2D eigenvalue weighted by Crippen LogP contribution is -2.43. The van der Waals surface area contributed by atoms with E-state index in [2.05, 4.69) is 10.6 Å². The smallest absolute Gasteiger partial charge is 0.326 e. The van der Waals surface area contributed by atoms with Crippen molar-refractivity contribution in [3.05, 3.63) is 0 Å². The third kappa shape index (κ3) is 15.1. The molecular weight excluding hydrogens is 436 g/mol. The number of nitrogens with one attached hydrogen (secondary N) is 2. The molecule has 0 spiro atoms. The summed E-state index contributed by atoms with van der Waals surface area (Å²) in [6.45, 7) is -0.757. The number of carboxylic acids is 3. The molecule has 0 aliphatic rings. The molecule has 3 atom stereocenters. The number of aliphatic carboxylic acids is 3. The predicted molar refractivity (Wildman–Crippen MR) is 104 cm³/mol. The Kier molecular flexibility index (Phi) is 15.4. The van der Waals surface area contributed by atoms with E-state index in [0.29, 0.717) is 12.8 Å². The van der Waals surface area contributed by atoms with Crippen molar-refractivity contribution < 1.29 is 58.2 Å². The zero-order chi connectivity index (χ0) is 24.5. The highest BCUT2D eigenvalue weighted by Crippen LogP contribution is 2.03. The van der Waals surface area contributed by atoms with Gasteiger partial charge >= 0.3 is 17.9 Å². The number of hydrogen-bond acceptors (Lipinski definition) is 9. The molecule has 0 bridgehead atoms. The van der Waals surface area contributed by atoms with Crippen LogP contribution < -0.4 is 10.6 Å². The van der Waals surface area contributed by atoms with Gasteiger partial charge in [0, 0.05) is 20.8 Å². The number of carbonyl (C=O) groups excluding carboxylic acids is 2. The Morgan fingerprint density at radius 3 is 1.72 bits per heavy atom. The third-order valence-corrected chi connectivity index (χ3v) is 3.88. The van der Waals surface area contributed by atoms with E-state index in [0.717, 1.165) is 0 Å². The molecule has 14 heteroatoms. The summed E-state index contributed by atoms with van der Waals surface area (Å²) in [7, 11) is 2.46. The van der Waals surface area contributed by atoms with Gasteiger partial charge in [-0.05, 0) is 19.3 Å². The predicted octanol–water partition coefficient (Wildman–Crippen LogP) is -1.23. The van der Waals surface area contributed by atoms with E-state index >= 15 is 0 Å². The van der Waals surface area contributed by atoms with E-state index in [1.807, 2.05) is 0 Å². The molecule has 0 saturated heterocycles. The summed E-state index contributed by atoms with van der Waals surface area (Å²) >= 11 is 0. The van der Waals surface area contributed by atoms with Crippen LogP contribution in [0.5, 0.6) is 0 Å². The molecule has 14 nitrogen and oxygen atoms in total. The first kappa shape index (κ1) is 29.2. The number of methoxy groups -OCH3 is 2. The van der Waals surface area contributed by atoms with Gasteiger partial charge in [-0.25, -0.2) is 4.79 Å². The van der Waals surface area contributed by atoms with Gasteiger partial charge in [0.25, 0.3) is 0 Å². The second kappa shape index (κ2) is 16.8. The number of amides is 2. The van der Waals surface area contributed by atoms with Crippen LogP contribution in [0.15, 0.2) is 0 Å². The van der Waals surface area contributed by atoms with Crippen molar-refractivity contribution in [2.75, 3.05) is 34.0 Å². The van der Waals surface area contributed by atoms with Crippen molar-refractivity contribution in [1.29, 1.82) is 0 Å². The van der Waals surface area contributed by atoms with Crippen LogP contribution in [0.3, 0.4) is 0 Å². The quantitative estimate of drug-likeness (QED) is 0.112. The molecule has 2 amide bonds. The van der Waals surface area contributed by atoms with Gasteiger partial charge < -0.3 is 44.9 Å². The summed E-state index contributed by atoms with van der Waals surface area (Å²) in [5, 5.41) is 31.3. The van der Waals surface area contributed by atoms with Gasteiger partial charge in [-0.3, -0.25) is 19.2 Å². The van der Waals surface area contributed by atoms with Gasteiger partial charge in [0.2, 0.25) is 11.8 Å². The molecule has 0 radical (unpaired) electrons. The fraction of sp³-hybridized carbons (Fsp3) is 0.722. The second-order valence-corrected chi connectivity index (χ2v) is 6.45. The fourth-order valence-electron chi connectivity index (χ4n) is 2.29. The minimum atomic E-state index is -1.26. The zero-order valence-electron chi connectivity index (χ0n) is 17.9. The van der Waals surface area contributed by atoms with Crippen molar-refractivity contribution in [2.24, 2.45) is 0 Å². The molecule has 0 heterocycles. The average Bonchev–Trinajstić information content (AvgIpc) is 2.72. The van der Waals surface area contributed by atoms with Crippen LogP contribution >= 0.6 is 0 Å². The summed E-state index contributed by atoms with van der Waals surface area (Å²) in [4.78, 5) is 56.0. The average molecular weight is 466 g/mol. The van der Waals surface area contributed by atoms with E-state index in [4.69, 9.17) is 29.2 Å². The second-order valence-electron chi connectivity index (χ2n) is 6.45. The molecule has 0 aromatic carbocycles. The summed E-state index contributed by atoms with van der Waals surface area (Å²) in [5.41, 5.74) is 0. The molecule has 32 heavy (non-hydrogen) atoms. The van der Waals surface area contributed by atoms with Crippen molar-refractivity contribution >= 4 is 29.7 Å². The van der Waals surface area contributed by atoms with E-state index in [-0.39, 0.29) is 13.0 Å². The molecule has 0 fully saturated rings. The fourth-order valence-corrected chi connectivity index (χ4v) is 2.29. The van der Waals surface area contributed by atoms with E-state index in [1.165, 1.54) is 14.2 Å². The highest BCUT2D eigenvalue weighted by molar-refractivity contribution is 5.84. The summed E-state index contributed by atoms with van der Waals surface area (Å²) in [6, 6.07) is -1.19. The van der Waals surface area contributed by atoms with Crippen molar-refractivity contribution in [3.8, 4) is 0 Å². The molecule has 5 N–H and O–H groups in total. The maximum absolute atomic E-state index is 11.8.